The molecule has 0 atom stereocenters. The van der Waals surface area contributed by atoms with Gasteiger partial charge in [0.1, 0.15) is 9.77 Å². The van der Waals surface area contributed by atoms with Crippen LogP contribution in [0.2, 0.25) is 0 Å². The van der Waals surface area contributed by atoms with Crippen LogP contribution >= 0.6 is 11.3 Å². The third kappa shape index (κ3) is 3.61. The van der Waals surface area contributed by atoms with E-state index in [1.165, 1.54) is 15.8 Å². The molecule has 7 nitrogen and oxygen atoms in total. The molecule has 0 aliphatic carbocycles. The van der Waals surface area contributed by atoms with Crippen LogP contribution in [0.4, 0.5) is 0 Å². The zero-order valence-corrected chi connectivity index (χ0v) is 13.1. The zero-order valence-electron chi connectivity index (χ0n) is 11.4. The van der Waals surface area contributed by atoms with Crippen LogP contribution in [0, 0.1) is 0 Å². The summed E-state index contributed by atoms with van der Waals surface area (Å²) >= 11 is 0.914. The fraction of sp³-hybridized carbons (Fsp3) is 0.583. The highest BCUT2D eigenvalue weighted by Crippen LogP contribution is 2.26. The Hall–Kier alpha value is -1.00. The van der Waals surface area contributed by atoms with E-state index < -0.39 is 16.0 Å². The second kappa shape index (κ2) is 6.84. The molecule has 0 bridgehead atoms. The summed E-state index contributed by atoms with van der Waals surface area (Å²) in [6.07, 6.45) is 0.659. The van der Waals surface area contributed by atoms with Crippen molar-refractivity contribution in [1.29, 1.82) is 0 Å². The minimum atomic E-state index is -3.78. The smallest absolute Gasteiger partial charge is 0.347 e. The number of aromatic carboxylic acids is 1. The first kappa shape index (κ1) is 16.4. The van der Waals surface area contributed by atoms with Gasteiger partial charge in [0, 0.05) is 26.2 Å². The standard InChI is InChI=1S/C12H18N2O5S2/c15-8-7-13-3-1-4-14(6-5-13)21(18,19)10-2-9-20-11(10)12(16)17/h2,9,15H,1,3-8H2,(H,16,17). The minimum Gasteiger partial charge on any atom is -0.477 e. The monoisotopic (exact) mass is 334 g/mol. The van der Waals surface area contributed by atoms with Gasteiger partial charge in [-0.25, -0.2) is 13.2 Å². The van der Waals surface area contributed by atoms with Crippen molar-refractivity contribution in [3.05, 3.63) is 16.3 Å². The quantitative estimate of drug-likeness (QED) is 0.794. The highest BCUT2D eigenvalue weighted by Gasteiger charge is 2.31. The molecule has 0 amide bonds. The van der Waals surface area contributed by atoms with Gasteiger partial charge in [-0.2, -0.15) is 4.31 Å². The van der Waals surface area contributed by atoms with Crippen LogP contribution in [0.25, 0.3) is 0 Å². The van der Waals surface area contributed by atoms with E-state index in [1.54, 1.807) is 0 Å². The van der Waals surface area contributed by atoms with Crippen molar-refractivity contribution in [2.45, 2.75) is 11.3 Å². The second-order valence-corrected chi connectivity index (χ2v) is 7.56. The van der Waals surface area contributed by atoms with Crippen LogP contribution in [0.15, 0.2) is 16.3 Å². The molecule has 2 N–H and O–H groups in total. The number of β-amino-alcohol motifs (C(OH)–C–C–N with tert-alkyl or cyclic N) is 1. The number of carbonyl (C=O) groups is 1. The highest BCUT2D eigenvalue weighted by molar-refractivity contribution is 7.89. The zero-order chi connectivity index (χ0) is 15.5. The average molecular weight is 334 g/mol. The Labute approximate surface area is 127 Å². The molecule has 0 spiro atoms. The van der Waals surface area contributed by atoms with Crippen molar-refractivity contribution >= 4 is 27.3 Å². The predicted molar refractivity (Wildman–Crippen MR) is 78.2 cm³/mol. The number of hydrogen-bond donors (Lipinski definition) is 2. The van der Waals surface area contributed by atoms with E-state index in [9.17, 15) is 13.2 Å². The van der Waals surface area contributed by atoms with E-state index in [-0.39, 0.29) is 16.4 Å². The Morgan fingerprint density at radius 3 is 2.71 bits per heavy atom. The number of carboxylic acid groups (broad SMARTS) is 1. The molecular weight excluding hydrogens is 316 g/mol. The highest BCUT2D eigenvalue weighted by atomic mass is 32.2. The van der Waals surface area contributed by atoms with Crippen molar-refractivity contribution < 1.29 is 23.4 Å². The Bertz CT molecular complexity index is 599. The average Bonchev–Trinajstić information content (AvgIpc) is 2.81. The summed E-state index contributed by atoms with van der Waals surface area (Å²) in [7, 11) is -3.78. The van der Waals surface area contributed by atoms with Gasteiger partial charge in [0.25, 0.3) is 0 Å². The maximum Gasteiger partial charge on any atom is 0.347 e. The lowest BCUT2D eigenvalue weighted by atomic mass is 10.4. The SMILES string of the molecule is O=C(O)c1sccc1S(=O)(=O)N1CCCN(CCO)CC1. The van der Waals surface area contributed by atoms with Gasteiger partial charge >= 0.3 is 5.97 Å². The number of sulfonamides is 1. The molecule has 118 valence electrons. The molecule has 21 heavy (non-hydrogen) atoms. The number of nitrogens with zero attached hydrogens (tertiary/aromatic N) is 2. The summed E-state index contributed by atoms with van der Waals surface area (Å²) in [5, 5.41) is 19.5. The van der Waals surface area contributed by atoms with Crippen molar-refractivity contribution in [2.75, 3.05) is 39.3 Å². The van der Waals surface area contributed by atoms with Crippen LogP contribution in [0.5, 0.6) is 0 Å². The fourth-order valence-electron chi connectivity index (χ4n) is 2.35. The van der Waals surface area contributed by atoms with Gasteiger partial charge in [0.15, 0.2) is 0 Å². The molecule has 1 aromatic heterocycles. The van der Waals surface area contributed by atoms with Gasteiger partial charge in [-0.15, -0.1) is 11.3 Å². The molecule has 2 heterocycles. The largest absolute Gasteiger partial charge is 0.477 e. The summed E-state index contributed by atoms with van der Waals surface area (Å²) in [5.41, 5.74) is 0. The topological polar surface area (TPSA) is 98.1 Å². The van der Waals surface area contributed by atoms with Crippen LogP contribution in [0.1, 0.15) is 16.1 Å². The number of carboxylic acids is 1. The van der Waals surface area contributed by atoms with Gasteiger partial charge < -0.3 is 10.2 Å². The summed E-state index contributed by atoms with van der Waals surface area (Å²) in [6, 6.07) is 1.35. The molecule has 0 aromatic carbocycles. The third-order valence-electron chi connectivity index (χ3n) is 3.40. The molecular formula is C12H18N2O5S2. The van der Waals surface area contributed by atoms with Gasteiger partial charge in [-0.05, 0) is 24.4 Å². The Morgan fingerprint density at radius 1 is 1.29 bits per heavy atom. The first-order valence-corrected chi connectivity index (χ1v) is 8.93. The number of thiophene rings is 1. The van der Waals surface area contributed by atoms with Gasteiger partial charge in [0.05, 0.1) is 6.61 Å². The summed E-state index contributed by atoms with van der Waals surface area (Å²) in [4.78, 5) is 12.8. The molecule has 1 saturated heterocycles. The lowest BCUT2D eigenvalue weighted by Gasteiger charge is -2.21. The number of aliphatic hydroxyl groups is 1. The molecule has 1 fully saturated rings. The van der Waals surface area contributed by atoms with Crippen molar-refractivity contribution in [1.82, 2.24) is 9.21 Å². The second-order valence-electron chi connectivity index (χ2n) is 4.74. The number of aliphatic hydroxyl groups excluding tert-OH is 1. The molecule has 0 saturated carbocycles. The lowest BCUT2D eigenvalue weighted by molar-refractivity contribution is 0.0698. The lowest BCUT2D eigenvalue weighted by Crippen LogP contribution is -2.36. The van der Waals surface area contributed by atoms with Crippen LogP contribution in [0.3, 0.4) is 0 Å². The van der Waals surface area contributed by atoms with E-state index in [0.29, 0.717) is 32.6 Å². The van der Waals surface area contributed by atoms with Gasteiger partial charge in [0.2, 0.25) is 10.0 Å². The number of rotatable bonds is 5. The molecule has 9 heteroatoms. The summed E-state index contributed by atoms with van der Waals surface area (Å²) in [6.45, 7) is 2.48. The molecule has 0 unspecified atom stereocenters. The first-order chi connectivity index (χ1) is 9.96. The van der Waals surface area contributed by atoms with Gasteiger partial charge in [-0.3, -0.25) is 4.90 Å². The maximum atomic E-state index is 12.6. The van der Waals surface area contributed by atoms with Crippen molar-refractivity contribution in [2.24, 2.45) is 0 Å². The van der Waals surface area contributed by atoms with E-state index in [0.717, 1.165) is 17.9 Å². The molecule has 1 aromatic rings. The fourth-order valence-corrected chi connectivity index (χ4v) is 5.05. The normalized spacial score (nSPS) is 18.5. The molecule has 1 aliphatic heterocycles. The van der Waals surface area contributed by atoms with E-state index in [4.69, 9.17) is 10.2 Å². The summed E-state index contributed by atoms with van der Waals surface area (Å²) in [5.74, 6) is -1.22. The number of hydrogen-bond acceptors (Lipinski definition) is 6. The van der Waals surface area contributed by atoms with Crippen molar-refractivity contribution in [3.63, 3.8) is 0 Å². The molecule has 0 radical (unpaired) electrons. The predicted octanol–water partition coefficient (Wildman–Crippen LogP) is 0.135. The Morgan fingerprint density at radius 2 is 2.05 bits per heavy atom. The molecule has 1 aliphatic rings. The van der Waals surface area contributed by atoms with Gasteiger partial charge in [-0.1, -0.05) is 0 Å². The third-order valence-corrected chi connectivity index (χ3v) is 6.38. The van der Waals surface area contributed by atoms with E-state index in [2.05, 4.69) is 0 Å². The van der Waals surface area contributed by atoms with E-state index in [1.807, 2.05) is 4.90 Å². The Kier molecular flexibility index (Phi) is 5.33. The summed E-state index contributed by atoms with van der Waals surface area (Å²) < 4.78 is 26.5. The first-order valence-electron chi connectivity index (χ1n) is 6.61. The minimum absolute atomic E-state index is 0.0421. The van der Waals surface area contributed by atoms with E-state index >= 15 is 0 Å². The van der Waals surface area contributed by atoms with Crippen molar-refractivity contribution in [3.8, 4) is 0 Å². The Balaban J connectivity index is 2.20. The maximum absolute atomic E-state index is 12.6. The van der Waals surface area contributed by atoms with Crippen LogP contribution < -0.4 is 0 Å². The van der Waals surface area contributed by atoms with Crippen LogP contribution in [-0.2, 0) is 10.0 Å². The molecule has 2 rings (SSSR count). The van der Waals surface area contributed by atoms with Crippen LogP contribution in [-0.4, -0.2) is 73.1 Å².